The summed E-state index contributed by atoms with van der Waals surface area (Å²) in [4.78, 5) is 14.8. The molecule has 0 spiro atoms. The Morgan fingerprint density at radius 1 is 1.23 bits per heavy atom. The summed E-state index contributed by atoms with van der Waals surface area (Å²) < 4.78 is 7.02. The molecule has 0 bridgehead atoms. The Bertz CT molecular complexity index is 896. The fourth-order valence-electron chi connectivity index (χ4n) is 3.63. The minimum atomic E-state index is -0.134. The maximum absolute atomic E-state index is 12.9. The number of carbonyl (C=O) groups is 1. The molecule has 0 radical (unpaired) electrons. The number of rotatable bonds is 3. The van der Waals surface area contributed by atoms with Crippen molar-refractivity contribution in [3.63, 3.8) is 0 Å². The Labute approximate surface area is 151 Å². The third-order valence-corrected chi connectivity index (χ3v) is 4.81. The maximum atomic E-state index is 12.9. The van der Waals surface area contributed by atoms with Crippen molar-refractivity contribution >= 4 is 11.8 Å². The number of aryl methyl sites for hydroxylation is 2. The molecule has 0 saturated carbocycles. The molecular weight excluding hydrogens is 330 g/mol. The van der Waals surface area contributed by atoms with Crippen LogP contribution in [0.5, 0.6) is 0 Å². The number of nitrogens with one attached hydrogen (secondary N) is 1. The first-order valence-electron chi connectivity index (χ1n) is 8.75. The number of para-hydroxylation sites is 1. The van der Waals surface area contributed by atoms with Gasteiger partial charge in [-0.3, -0.25) is 5.32 Å². The van der Waals surface area contributed by atoms with Crippen LogP contribution >= 0.6 is 0 Å². The summed E-state index contributed by atoms with van der Waals surface area (Å²) in [6.07, 6.45) is 3.55. The summed E-state index contributed by atoms with van der Waals surface area (Å²) in [5, 5.41) is 11.4. The van der Waals surface area contributed by atoms with Crippen molar-refractivity contribution < 1.29 is 9.32 Å². The lowest BCUT2D eigenvalue weighted by atomic mass is 10.0. The summed E-state index contributed by atoms with van der Waals surface area (Å²) in [7, 11) is 0. The third-order valence-electron chi connectivity index (χ3n) is 4.81. The van der Waals surface area contributed by atoms with Gasteiger partial charge in [0.15, 0.2) is 0 Å². The van der Waals surface area contributed by atoms with Gasteiger partial charge in [-0.05, 0) is 38.8 Å². The lowest BCUT2D eigenvalue weighted by Gasteiger charge is -2.25. The van der Waals surface area contributed by atoms with Gasteiger partial charge >= 0.3 is 6.03 Å². The molecule has 134 valence electrons. The van der Waals surface area contributed by atoms with E-state index in [0.717, 1.165) is 35.5 Å². The van der Waals surface area contributed by atoms with Crippen LogP contribution in [0.25, 0.3) is 5.69 Å². The first kappa shape index (κ1) is 16.4. The van der Waals surface area contributed by atoms with Crippen molar-refractivity contribution in [3.8, 4) is 5.69 Å². The van der Waals surface area contributed by atoms with Gasteiger partial charge in [-0.15, -0.1) is 0 Å². The zero-order valence-electron chi connectivity index (χ0n) is 14.8. The molecule has 1 aliphatic heterocycles. The molecule has 0 unspecified atom stereocenters. The number of hydrogen-bond acceptors (Lipinski definition) is 4. The highest BCUT2D eigenvalue weighted by Crippen LogP contribution is 2.35. The second-order valence-electron chi connectivity index (χ2n) is 6.48. The SMILES string of the molecule is Cc1noc(C)c1[C@H]1CCCN1C(=O)Nc1ccnn1-c1ccccc1. The van der Waals surface area contributed by atoms with E-state index in [4.69, 9.17) is 4.52 Å². The number of anilines is 1. The van der Waals surface area contributed by atoms with E-state index < -0.39 is 0 Å². The van der Waals surface area contributed by atoms with Crippen molar-refractivity contribution in [2.24, 2.45) is 0 Å². The topological polar surface area (TPSA) is 76.2 Å². The van der Waals surface area contributed by atoms with Crippen LogP contribution in [0.15, 0.2) is 47.1 Å². The van der Waals surface area contributed by atoms with Gasteiger partial charge in [0.1, 0.15) is 11.6 Å². The number of carbonyl (C=O) groups excluding carboxylic acids is 1. The Balaban J connectivity index is 1.57. The molecule has 3 aromatic rings. The zero-order chi connectivity index (χ0) is 18.1. The second kappa shape index (κ2) is 6.67. The van der Waals surface area contributed by atoms with Gasteiger partial charge in [-0.1, -0.05) is 23.4 Å². The highest BCUT2D eigenvalue weighted by atomic mass is 16.5. The molecular formula is C19H21N5O2. The fraction of sp³-hybridized carbons (Fsp3) is 0.316. The predicted molar refractivity (Wildman–Crippen MR) is 97.2 cm³/mol. The number of likely N-dealkylation sites (tertiary alicyclic amines) is 1. The monoisotopic (exact) mass is 351 g/mol. The van der Waals surface area contributed by atoms with Crippen LogP contribution in [0, 0.1) is 13.8 Å². The Morgan fingerprint density at radius 3 is 2.77 bits per heavy atom. The Hall–Kier alpha value is -3.09. The summed E-state index contributed by atoms with van der Waals surface area (Å²) in [5.41, 5.74) is 2.77. The lowest BCUT2D eigenvalue weighted by Crippen LogP contribution is -2.35. The summed E-state index contributed by atoms with van der Waals surface area (Å²) in [6.45, 7) is 4.53. The van der Waals surface area contributed by atoms with E-state index in [0.29, 0.717) is 12.4 Å². The molecule has 0 aliphatic carbocycles. The van der Waals surface area contributed by atoms with E-state index in [2.05, 4.69) is 15.6 Å². The van der Waals surface area contributed by atoms with Crippen LogP contribution in [0.3, 0.4) is 0 Å². The van der Waals surface area contributed by atoms with Crippen LogP contribution < -0.4 is 5.32 Å². The van der Waals surface area contributed by atoms with Gasteiger partial charge < -0.3 is 9.42 Å². The van der Waals surface area contributed by atoms with Crippen LogP contribution in [-0.2, 0) is 0 Å². The van der Waals surface area contributed by atoms with Crippen molar-refractivity contribution in [2.75, 3.05) is 11.9 Å². The second-order valence-corrected chi connectivity index (χ2v) is 6.48. The Morgan fingerprint density at radius 2 is 2.04 bits per heavy atom. The molecule has 1 atom stereocenters. The highest BCUT2D eigenvalue weighted by Gasteiger charge is 2.34. The van der Waals surface area contributed by atoms with Crippen LogP contribution in [-0.4, -0.2) is 32.4 Å². The molecule has 1 N–H and O–H groups in total. The molecule has 1 aliphatic rings. The molecule has 7 heteroatoms. The van der Waals surface area contributed by atoms with Crippen LogP contribution in [0.4, 0.5) is 10.6 Å². The maximum Gasteiger partial charge on any atom is 0.323 e. The highest BCUT2D eigenvalue weighted by molar-refractivity contribution is 5.89. The van der Waals surface area contributed by atoms with Gasteiger partial charge in [-0.2, -0.15) is 5.10 Å². The van der Waals surface area contributed by atoms with E-state index in [-0.39, 0.29) is 12.1 Å². The summed E-state index contributed by atoms with van der Waals surface area (Å²) in [6, 6.07) is 11.4. The molecule has 3 heterocycles. The van der Waals surface area contributed by atoms with Gasteiger partial charge in [-0.25, -0.2) is 9.48 Å². The van der Waals surface area contributed by atoms with Gasteiger partial charge in [0.25, 0.3) is 0 Å². The number of aromatic nitrogens is 3. The molecule has 4 rings (SSSR count). The average Bonchev–Trinajstić information content (AvgIpc) is 3.36. The fourth-order valence-corrected chi connectivity index (χ4v) is 3.63. The van der Waals surface area contributed by atoms with E-state index in [9.17, 15) is 4.79 Å². The normalized spacial score (nSPS) is 16.8. The molecule has 2 aromatic heterocycles. The summed E-state index contributed by atoms with van der Waals surface area (Å²) >= 11 is 0. The number of hydrogen-bond donors (Lipinski definition) is 1. The molecule has 26 heavy (non-hydrogen) atoms. The van der Waals surface area contributed by atoms with Crippen molar-refractivity contribution in [2.45, 2.75) is 32.7 Å². The van der Waals surface area contributed by atoms with E-state index in [1.807, 2.05) is 49.1 Å². The van der Waals surface area contributed by atoms with Gasteiger partial charge in [0, 0.05) is 18.2 Å². The smallest absolute Gasteiger partial charge is 0.323 e. The number of nitrogens with zero attached hydrogens (tertiary/aromatic N) is 4. The van der Waals surface area contributed by atoms with E-state index in [1.165, 1.54) is 0 Å². The van der Waals surface area contributed by atoms with Gasteiger partial charge in [0.2, 0.25) is 0 Å². The average molecular weight is 351 g/mol. The molecule has 1 saturated heterocycles. The first-order chi connectivity index (χ1) is 12.6. The molecule has 1 fully saturated rings. The molecule has 1 aromatic carbocycles. The molecule has 2 amide bonds. The van der Waals surface area contributed by atoms with Crippen molar-refractivity contribution in [1.82, 2.24) is 19.8 Å². The van der Waals surface area contributed by atoms with E-state index >= 15 is 0 Å². The predicted octanol–water partition coefficient (Wildman–Crippen LogP) is 3.85. The minimum absolute atomic E-state index is 0.00523. The third kappa shape index (κ3) is 2.85. The Kier molecular flexibility index (Phi) is 4.20. The van der Waals surface area contributed by atoms with E-state index in [1.54, 1.807) is 16.9 Å². The molecule has 7 nitrogen and oxygen atoms in total. The first-order valence-corrected chi connectivity index (χ1v) is 8.75. The zero-order valence-corrected chi connectivity index (χ0v) is 14.8. The van der Waals surface area contributed by atoms with Gasteiger partial charge in [0.05, 0.1) is 23.6 Å². The lowest BCUT2D eigenvalue weighted by molar-refractivity contribution is 0.206. The summed E-state index contributed by atoms with van der Waals surface area (Å²) in [5.74, 6) is 1.42. The number of benzene rings is 1. The quantitative estimate of drug-likeness (QED) is 0.778. The van der Waals surface area contributed by atoms with Crippen molar-refractivity contribution in [3.05, 3.63) is 59.6 Å². The minimum Gasteiger partial charge on any atom is -0.361 e. The number of urea groups is 1. The largest absolute Gasteiger partial charge is 0.361 e. The van der Waals surface area contributed by atoms with Crippen LogP contribution in [0.2, 0.25) is 0 Å². The number of amides is 2. The standard InChI is InChI=1S/C19H21N5O2/c1-13-18(14(2)26-22-13)16-9-6-12-23(16)19(25)21-17-10-11-20-24(17)15-7-4-3-5-8-15/h3-5,7-8,10-11,16H,6,9,12H2,1-2H3,(H,21,25)/t16-/m1/s1. The van der Waals surface area contributed by atoms with Crippen LogP contribution in [0.1, 0.15) is 35.9 Å². The van der Waals surface area contributed by atoms with Crippen molar-refractivity contribution in [1.29, 1.82) is 0 Å².